The SMILES string of the molecule is COCCCNc1nccc(C(=O)NCc2ccccc2F)n1. The first-order valence-corrected chi connectivity index (χ1v) is 7.28. The largest absolute Gasteiger partial charge is 0.385 e. The van der Waals surface area contributed by atoms with Gasteiger partial charge in [-0.15, -0.1) is 0 Å². The highest BCUT2D eigenvalue weighted by Gasteiger charge is 2.09. The smallest absolute Gasteiger partial charge is 0.270 e. The highest BCUT2D eigenvalue weighted by Crippen LogP contribution is 2.06. The van der Waals surface area contributed by atoms with Crippen LogP contribution in [-0.2, 0) is 11.3 Å². The number of benzene rings is 1. The number of carbonyl (C=O) groups excluding carboxylic acids is 1. The third kappa shape index (κ3) is 5.30. The Morgan fingerprint density at radius 1 is 1.30 bits per heavy atom. The first kappa shape index (κ1) is 16.8. The fraction of sp³-hybridized carbons (Fsp3) is 0.312. The molecular formula is C16H19FN4O2. The number of ether oxygens (including phenoxy) is 1. The van der Waals surface area contributed by atoms with Crippen molar-refractivity contribution in [3.63, 3.8) is 0 Å². The van der Waals surface area contributed by atoms with Gasteiger partial charge in [0.05, 0.1) is 0 Å². The van der Waals surface area contributed by atoms with Crippen LogP contribution in [0.3, 0.4) is 0 Å². The van der Waals surface area contributed by atoms with Crippen LogP contribution >= 0.6 is 0 Å². The molecule has 0 saturated carbocycles. The van der Waals surface area contributed by atoms with Gasteiger partial charge in [-0.1, -0.05) is 18.2 Å². The van der Waals surface area contributed by atoms with E-state index in [2.05, 4.69) is 20.6 Å². The predicted molar refractivity (Wildman–Crippen MR) is 84.6 cm³/mol. The van der Waals surface area contributed by atoms with Gasteiger partial charge < -0.3 is 15.4 Å². The van der Waals surface area contributed by atoms with Gasteiger partial charge in [-0.25, -0.2) is 14.4 Å². The molecule has 7 heteroatoms. The van der Waals surface area contributed by atoms with Crippen molar-refractivity contribution in [2.24, 2.45) is 0 Å². The van der Waals surface area contributed by atoms with Crippen LogP contribution in [0.5, 0.6) is 0 Å². The predicted octanol–water partition coefficient (Wildman–Crippen LogP) is 1.99. The van der Waals surface area contributed by atoms with Gasteiger partial charge in [0.1, 0.15) is 11.5 Å². The van der Waals surface area contributed by atoms with Crippen LogP contribution in [0.25, 0.3) is 0 Å². The molecule has 0 spiro atoms. The highest BCUT2D eigenvalue weighted by molar-refractivity contribution is 5.92. The van der Waals surface area contributed by atoms with E-state index in [1.165, 1.54) is 18.3 Å². The molecule has 2 aromatic rings. The lowest BCUT2D eigenvalue weighted by Crippen LogP contribution is -2.24. The van der Waals surface area contributed by atoms with E-state index in [0.29, 0.717) is 24.7 Å². The Balaban J connectivity index is 1.90. The van der Waals surface area contributed by atoms with Gasteiger partial charge in [-0.3, -0.25) is 4.79 Å². The number of aromatic nitrogens is 2. The van der Waals surface area contributed by atoms with Gasteiger partial charge in [-0.05, 0) is 18.6 Å². The van der Waals surface area contributed by atoms with Crippen LogP contribution in [0.15, 0.2) is 36.5 Å². The number of halogens is 1. The number of amides is 1. The van der Waals surface area contributed by atoms with Crippen LogP contribution < -0.4 is 10.6 Å². The van der Waals surface area contributed by atoms with E-state index in [1.807, 2.05) is 0 Å². The number of anilines is 1. The average molecular weight is 318 g/mol. The molecule has 0 fully saturated rings. The van der Waals surface area contributed by atoms with Crippen molar-refractivity contribution in [2.75, 3.05) is 25.6 Å². The fourth-order valence-corrected chi connectivity index (χ4v) is 1.89. The first-order chi connectivity index (χ1) is 11.2. The normalized spacial score (nSPS) is 10.3. The standard InChI is InChI=1S/C16H19FN4O2/c1-23-10-4-8-18-16-19-9-7-14(21-16)15(22)20-11-12-5-2-3-6-13(12)17/h2-3,5-7,9H,4,8,10-11H2,1H3,(H,20,22)(H,18,19,21). The molecule has 1 aromatic heterocycles. The molecule has 23 heavy (non-hydrogen) atoms. The summed E-state index contributed by atoms with van der Waals surface area (Å²) < 4.78 is 18.5. The zero-order chi connectivity index (χ0) is 16.5. The van der Waals surface area contributed by atoms with Crippen LogP contribution in [0.4, 0.5) is 10.3 Å². The number of nitrogens with one attached hydrogen (secondary N) is 2. The molecule has 0 radical (unpaired) electrons. The molecule has 122 valence electrons. The minimum atomic E-state index is -0.379. The number of methoxy groups -OCH3 is 1. The number of rotatable bonds is 8. The molecule has 0 atom stereocenters. The van der Waals surface area contributed by atoms with Crippen molar-refractivity contribution in [3.05, 3.63) is 53.6 Å². The second-order valence-corrected chi connectivity index (χ2v) is 4.81. The summed E-state index contributed by atoms with van der Waals surface area (Å²) >= 11 is 0. The maximum atomic E-state index is 13.5. The summed E-state index contributed by atoms with van der Waals surface area (Å²) in [6, 6.07) is 7.81. The second kappa shape index (κ2) is 8.79. The molecule has 1 aromatic carbocycles. The van der Waals surface area contributed by atoms with Gasteiger partial charge in [0.15, 0.2) is 0 Å². The molecule has 0 aliphatic carbocycles. The number of hydrogen-bond donors (Lipinski definition) is 2. The number of carbonyl (C=O) groups is 1. The van der Waals surface area contributed by atoms with Gasteiger partial charge in [0.25, 0.3) is 5.91 Å². The van der Waals surface area contributed by atoms with Gasteiger partial charge >= 0.3 is 0 Å². The zero-order valence-electron chi connectivity index (χ0n) is 12.9. The molecule has 6 nitrogen and oxygen atoms in total. The lowest BCUT2D eigenvalue weighted by atomic mass is 10.2. The molecule has 1 heterocycles. The van der Waals surface area contributed by atoms with E-state index in [-0.39, 0.29) is 24.0 Å². The monoisotopic (exact) mass is 318 g/mol. The Labute approximate surface area is 134 Å². The summed E-state index contributed by atoms with van der Waals surface area (Å²) in [7, 11) is 1.64. The van der Waals surface area contributed by atoms with Crippen molar-refractivity contribution in [3.8, 4) is 0 Å². The van der Waals surface area contributed by atoms with Crippen LogP contribution in [0.1, 0.15) is 22.5 Å². The highest BCUT2D eigenvalue weighted by atomic mass is 19.1. The molecule has 0 aliphatic rings. The molecule has 2 rings (SSSR count). The Morgan fingerprint density at radius 3 is 2.91 bits per heavy atom. The summed E-state index contributed by atoms with van der Waals surface area (Å²) in [6.07, 6.45) is 2.31. The third-order valence-corrected chi connectivity index (χ3v) is 3.09. The van der Waals surface area contributed by atoms with E-state index < -0.39 is 0 Å². The Morgan fingerprint density at radius 2 is 2.13 bits per heavy atom. The number of hydrogen-bond acceptors (Lipinski definition) is 5. The minimum absolute atomic E-state index is 0.103. The molecular weight excluding hydrogens is 299 g/mol. The quantitative estimate of drug-likeness (QED) is 0.728. The molecule has 0 aliphatic heterocycles. The summed E-state index contributed by atoms with van der Waals surface area (Å²) in [5.41, 5.74) is 0.651. The van der Waals surface area contributed by atoms with Crippen molar-refractivity contribution in [1.29, 1.82) is 0 Å². The van der Waals surface area contributed by atoms with Crippen molar-refractivity contribution in [2.45, 2.75) is 13.0 Å². The maximum absolute atomic E-state index is 13.5. The Hall–Kier alpha value is -2.54. The Kier molecular flexibility index (Phi) is 6.43. The summed E-state index contributed by atoms with van der Waals surface area (Å²) in [5.74, 6) is -0.355. The van der Waals surface area contributed by atoms with Gasteiger partial charge in [0, 0.05) is 38.6 Å². The molecule has 2 N–H and O–H groups in total. The average Bonchev–Trinajstić information content (AvgIpc) is 2.58. The first-order valence-electron chi connectivity index (χ1n) is 7.28. The minimum Gasteiger partial charge on any atom is -0.385 e. The maximum Gasteiger partial charge on any atom is 0.270 e. The van der Waals surface area contributed by atoms with Crippen LogP contribution in [0.2, 0.25) is 0 Å². The van der Waals surface area contributed by atoms with Gasteiger partial charge in [0.2, 0.25) is 5.95 Å². The fourth-order valence-electron chi connectivity index (χ4n) is 1.89. The van der Waals surface area contributed by atoms with Crippen LogP contribution in [0, 0.1) is 5.82 Å². The Bertz CT molecular complexity index is 651. The lowest BCUT2D eigenvalue weighted by molar-refractivity contribution is 0.0945. The van der Waals surface area contributed by atoms with E-state index in [9.17, 15) is 9.18 Å². The van der Waals surface area contributed by atoms with E-state index in [4.69, 9.17) is 4.74 Å². The number of nitrogens with zero attached hydrogens (tertiary/aromatic N) is 2. The second-order valence-electron chi connectivity index (χ2n) is 4.81. The molecule has 1 amide bonds. The van der Waals surface area contributed by atoms with Crippen molar-refractivity contribution in [1.82, 2.24) is 15.3 Å². The topological polar surface area (TPSA) is 76.1 Å². The van der Waals surface area contributed by atoms with Crippen LogP contribution in [-0.4, -0.2) is 36.1 Å². The molecule has 0 bridgehead atoms. The van der Waals surface area contributed by atoms with Crippen molar-refractivity contribution < 1.29 is 13.9 Å². The van der Waals surface area contributed by atoms with Gasteiger partial charge in [-0.2, -0.15) is 0 Å². The summed E-state index contributed by atoms with van der Waals surface area (Å²) in [6.45, 7) is 1.38. The van der Waals surface area contributed by atoms with E-state index >= 15 is 0 Å². The molecule has 0 saturated heterocycles. The van der Waals surface area contributed by atoms with E-state index in [0.717, 1.165) is 6.42 Å². The van der Waals surface area contributed by atoms with Crippen molar-refractivity contribution >= 4 is 11.9 Å². The summed E-state index contributed by atoms with van der Waals surface area (Å²) in [4.78, 5) is 20.3. The summed E-state index contributed by atoms with van der Waals surface area (Å²) in [5, 5.41) is 5.66. The third-order valence-electron chi connectivity index (χ3n) is 3.09. The zero-order valence-corrected chi connectivity index (χ0v) is 12.9. The van der Waals surface area contributed by atoms with E-state index in [1.54, 1.807) is 25.3 Å². The lowest BCUT2D eigenvalue weighted by Gasteiger charge is -2.08. The molecule has 0 unspecified atom stereocenters.